The molecule has 23 heteroatoms. The summed E-state index contributed by atoms with van der Waals surface area (Å²) in [5, 5.41) is 79.3. The van der Waals surface area contributed by atoms with Crippen molar-refractivity contribution in [3.8, 4) is 0 Å². The van der Waals surface area contributed by atoms with E-state index in [-0.39, 0.29) is 105 Å². The van der Waals surface area contributed by atoms with E-state index in [0.29, 0.717) is 0 Å². The standard InChI is InChI=1S/2C8H17O5.3C5H10O3.4Rf/c2*1-12-4-8(11)6-13-5-7(10)2-3-9;3*1-7-3-5(6)4-8-2;;;;/h2*7-11H,1-6H2;3*5-6H,1-4H2;;;;/q2*-1;3*-2;;;;. The maximum Gasteiger partial charge on any atom is 0.0976 e. The van der Waals surface area contributed by atoms with Crippen LogP contribution in [0.2, 0.25) is 0 Å². The molecule has 0 aliphatic heterocycles. The maximum absolute atomic E-state index is 9.08. The molecule has 0 aliphatic rings. The molecule has 0 rings (SSSR count). The number of aliphatic hydroxyl groups excluding tert-OH is 9. The summed E-state index contributed by atoms with van der Waals surface area (Å²) < 4.78 is 44.8. The van der Waals surface area contributed by atoms with Crippen LogP contribution in [0.3, 0.4) is 0 Å². The van der Waals surface area contributed by atoms with Gasteiger partial charge in [-0.2, -0.15) is 0 Å². The summed E-state index contributed by atoms with van der Waals surface area (Å²) in [5.74, 6) is 0. The molecule has 0 amide bonds. The second kappa shape index (κ2) is 60.3. The molecule has 0 aromatic carbocycles. The number of rotatable bonds is 28. The minimum atomic E-state index is -0.723. The summed E-state index contributed by atoms with van der Waals surface area (Å²) >= 11 is 0. The van der Waals surface area contributed by atoms with Gasteiger partial charge < -0.3 is 93.3 Å². The van der Waals surface area contributed by atoms with Crippen LogP contribution in [0.1, 0.15) is 12.8 Å². The molecule has 4 atom stereocenters. The van der Waals surface area contributed by atoms with Crippen molar-refractivity contribution in [2.75, 3.05) is 92.5 Å². The minimum Gasteiger partial charge on any atom is -0.553 e. The molecule has 0 saturated heterocycles. The second-order valence-electron chi connectivity index (χ2n) is 9.64. The Labute approximate surface area is 298 Å². The molecule has 0 aromatic rings. The van der Waals surface area contributed by atoms with E-state index >= 15 is 0 Å². The Balaban J connectivity index is -0.0000000670. The summed E-state index contributed by atoms with van der Waals surface area (Å²) in [5.41, 5.74) is 0. The van der Waals surface area contributed by atoms with Crippen LogP contribution >= 0.6 is 0 Å². The van der Waals surface area contributed by atoms with Gasteiger partial charge in [0.2, 0.25) is 0 Å². The van der Waals surface area contributed by atoms with Gasteiger partial charge in [0.05, 0.1) is 69.2 Å². The summed E-state index contributed by atoms with van der Waals surface area (Å²) in [7, 11) is 24.6. The molecule has 0 aliphatic carbocycles. The molecule has 318 valence electrons. The quantitative estimate of drug-likeness (QED) is 0.0374. The predicted molar refractivity (Wildman–Crippen MR) is 178 cm³/mol. The third kappa shape index (κ3) is 72.8. The van der Waals surface area contributed by atoms with Gasteiger partial charge in [0.25, 0.3) is 0 Å². The topological polar surface area (TPSA) is 274 Å². The van der Waals surface area contributed by atoms with Crippen LogP contribution in [0.25, 0.3) is 0 Å². The monoisotopic (exact) mass is 1810 g/mol. The minimum absolute atomic E-state index is 0. The van der Waals surface area contributed by atoms with E-state index in [9.17, 15) is 0 Å². The maximum atomic E-state index is 9.08. The first-order chi connectivity index (χ1) is 23.8. The number of hydrogen-bond acceptors (Lipinski definition) is 19. The van der Waals surface area contributed by atoms with Crippen molar-refractivity contribution in [2.45, 2.75) is 55.6 Å². The molecule has 0 fully saturated rings. The number of hydrogen-bond donors (Lipinski definition) is 9. The smallest absolute Gasteiger partial charge is 0.0976 e. The Morgan fingerprint density at radius 3 is 0.574 bits per heavy atom. The van der Waals surface area contributed by atoms with Gasteiger partial charge in [-0.05, 0) is 12.8 Å². The molecule has 0 aromatic heterocycles. The van der Waals surface area contributed by atoms with E-state index in [1.165, 1.54) is 0 Å². The molecule has 9 N–H and O–H groups in total. The fourth-order valence-corrected chi connectivity index (χ4v) is 2.47. The summed E-state index contributed by atoms with van der Waals surface area (Å²) in [6, 6.07) is 0. The van der Waals surface area contributed by atoms with Crippen molar-refractivity contribution < 1.29 is 93.3 Å². The summed E-state index contributed by atoms with van der Waals surface area (Å²) in [4.78, 5) is 0. The van der Waals surface area contributed by atoms with Crippen molar-refractivity contribution in [1.29, 1.82) is 0 Å². The average molecular weight is 1810 g/mol. The molecule has 0 saturated carbocycles. The van der Waals surface area contributed by atoms with Crippen LogP contribution in [0.15, 0.2) is 0 Å². The van der Waals surface area contributed by atoms with Crippen LogP contribution in [-0.2, 0) is 47.4 Å². The van der Waals surface area contributed by atoms with E-state index < -0.39 is 42.7 Å². The predicted octanol–water partition coefficient (Wildman–Crippen LogP) is -2.28. The molecule has 0 bridgehead atoms. The first kappa shape index (κ1) is 70.8. The number of ether oxygens (including phenoxy) is 10. The van der Waals surface area contributed by atoms with Crippen molar-refractivity contribution in [3.63, 3.8) is 0 Å². The Hall–Kier alpha value is -4.76. The zero-order chi connectivity index (χ0) is 39.4. The largest absolute Gasteiger partial charge is 0.553 e. The van der Waals surface area contributed by atoms with Crippen molar-refractivity contribution in [2.24, 2.45) is 0 Å². The fraction of sp³-hybridized carbons (Fsp3) is 0.742. The third-order valence-electron chi connectivity index (χ3n) is 4.65. The van der Waals surface area contributed by atoms with Crippen LogP contribution in [0.4, 0.5) is 0 Å². The van der Waals surface area contributed by atoms with E-state index in [1.54, 1.807) is 0 Å². The van der Waals surface area contributed by atoms with Gasteiger partial charge in [-0.25, -0.2) is 56.9 Å². The molecule has 54 heavy (non-hydrogen) atoms. The zero-order valence-electron chi connectivity index (χ0n) is 31.9. The van der Waals surface area contributed by atoms with Gasteiger partial charge in [-0.3, -0.25) is 0 Å². The van der Waals surface area contributed by atoms with E-state index in [1.807, 2.05) is 0 Å². The molecular formula is C31H64O19Rf4-8. The van der Waals surface area contributed by atoms with Gasteiger partial charge in [0.15, 0.2) is 0 Å². The number of aliphatic hydroxyl groups is 9. The Kier molecular flexibility index (Phi) is 79.1. The molecule has 0 spiro atoms. The van der Waals surface area contributed by atoms with Crippen molar-refractivity contribution in [3.05, 3.63) is 56.9 Å². The van der Waals surface area contributed by atoms with Gasteiger partial charge >= 0.3 is 0 Å². The second-order valence-corrected chi connectivity index (χ2v) is 9.64. The first-order valence-electron chi connectivity index (χ1n) is 14.9. The summed E-state index contributed by atoms with van der Waals surface area (Å²) in [6.07, 6.45) is -4.07. The van der Waals surface area contributed by atoms with E-state index in [2.05, 4.69) is 94.8 Å². The molecule has 0 heterocycles. The molecular weight excluding hydrogens is 1740 g/mol. The van der Waals surface area contributed by atoms with Gasteiger partial charge in [0, 0.05) is 66.1 Å². The average Bonchev–Trinajstić information content (AvgIpc) is 3.04. The van der Waals surface area contributed by atoms with Crippen molar-refractivity contribution >= 4 is 0 Å². The van der Waals surface area contributed by atoms with Crippen molar-refractivity contribution in [1.82, 2.24) is 0 Å². The molecule has 19 nitrogen and oxygen atoms in total. The van der Waals surface area contributed by atoms with Gasteiger partial charge in [0.1, 0.15) is 0 Å². The van der Waals surface area contributed by atoms with Gasteiger partial charge in [-0.15, -0.1) is 0 Å². The molecule has 0 radical (unpaired) electrons. The van der Waals surface area contributed by atoms with Crippen LogP contribution in [0, 0.1) is 56.9 Å². The van der Waals surface area contributed by atoms with Crippen LogP contribution in [0.5, 0.6) is 0 Å². The SMILES string of the molecule is [CH2-]OCC(O)COCC(O)CCO.[CH2-]OCC(O)COCC(O)CCO.[CH2-]OCC(O)CO[CH2-].[CH2-]OCC(O)CO[CH2-].[CH2-]OCC(O)CO[CH2-].[Rf].[Rf].[Rf].[Rf]. The first-order valence-corrected chi connectivity index (χ1v) is 14.9. The Morgan fingerprint density at radius 2 is 0.426 bits per heavy atom. The normalized spacial score (nSPS) is 12.2. The Morgan fingerprint density at radius 1 is 0.278 bits per heavy atom. The fourth-order valence-electron chi connectivity index (χ4n) is 2.47. The van der Waals surface area contributed by atoms with Crippen LogP contribution in [-0.4, -0.2) is 181 Å². The van der Waals surface area contributed by atoms with Gasteiger partial charge in [-0.1, -0.05) is 0 Å². The zero-order valence-corrected chi connectivity index (χ0v) is 57.5. The molecule has 4 unspecified atom stereocenters. The third-order valence-corrected chi connectivity index (χ3v) is 4.65. The summed E-state index contributed by atoms with van der Waals surface area (Å²) in [6.45, 7) is 1.61. The Bertz CT molecular complexity index is 489. The van der Waals surface area contributed by atoms with E-state index in [4.69, 9.17) is 55.4 Å². The van der Waals surface area contributed by atoms with E-state index in [0.717, 1.165) is 0 Å². The van der Waals surface area contributed by atoms with Crippen LogP contribution < -0.4 is 0 Å².